The van der Waals surface area contributed by atoms with Crippen LogP contribution in [0.15, 0.2) is 27.5 Å². The van der Waals surface area contributed by atoms with Crippen molar-refractivity contribution in [1.82, 2.24) is 10.1 Å². The van der Waals surface area contributed by atoms with Gasteiger partial charge < -0.3 is 15.6 Å². The average Bonchev–Trinajstić information content (AvgIpc) is 2.78. The smallest absolute Gasteiger partial charge is 0.228 e. The number of nitrogens with two attached hydrogens (primary N) is 1. The molecule has 3 N–H and O–H groups in total. The minimum Gasteiger partial charge on any atom is -0.397 e. The number of halogens is 2. The molecule has 5 nitrogen and oxygen atoms in total. The lowest BCUT2D eigenvalue weighted by atomic mass is 10.2. The molecule has 1 aromatic heterocycles. The largest absolute Gasteiger partial charge is 0.397 e. The number of rotatable bonds is 4. The zero-order valence-corrected chi connectivity index (χ0v) is 10.4. The van der Waals surface area contributed by atoms with Gasteiger partial charge in [-0.25, -0.2) is 4.39 Å². The fourth-order valence-corrected chi connectivity index (χ4v) is 1.69. The zero-order chi connectivity index (χ0) is 12.3. The Morgan fingerprint density at radius 3 is 3.00 bits per heavy atom. The Hall–Kier alpha value is -1.63. The van der Waals surface area contributed by atoms with Crippen molar-refractivity contribution in [2.75, 3.05) is 17.6 Å². The van der Waals surface area contributed by atoms with Crippen LogP contribution in [0, 0.1) is 5.82 Å². The van der Waals surface area contributed by atoms with Gasteiger partial charge in [0.15, 0.2) is 6.33 Å². The molecular formula is C10H10BrFN4O. The van der Waals surface area contributed by atoms with Gasteiger partial charge in [0.2, 0.25) is 5.89 Å². The Morgan fingerprint density at radius 1 is 1.47 bits per heavy atom. The molecule has 0 saturated heterocycles. The van der Waals surface area contributed by atoms with Gasteiger partial charge in [-0.15, -0.1) is 0 Å². The molecule has 0 bridgehead atoms. The van der Waals surface area contributed by atoms with E-state index >= 15 is 0 Å². The first kappa shape index (κ1) is 11.8. The van der Waals surface area contributed by atoms with Gasteiger partial charge in [0.25, 0.3) is 0 Å². The molecule has 7 heteroatoms. The molecule has 17 heavy (non-hydrogen) atoms. The van der Waals surface area contributed by atoms with E-state index in [-0.39, 0.29) is 5.82 Å². The first-order chi connectivity index (χ1) is 8.16. The van der Waals surface area contributed by atoms with Crippen LogP contribution in [0.3, 0.4) is 0 Å². The molecule has 0 spiro atoms. The lowest BCUT2D eigenvalue weighted by Gasteiger charge is -2.09. The van der Waals surface area contributed by atoms with E-state index in [2.05, 4.69) is 31.4 Å². The number of hydrogen-bond donors (Lipinski definition) is 2. The molecule has 0 amide bonds. The van der Waals surface area contributed by atoms with Crippen molar-refractivity contribution >= 4 is 27.3 Å². The zero-order valence-electron chi connectivity index (χ0n) is 8.78. The summed E-state index contributed by atoms with van der Waals surface area (Å²) in [5, 5.41) is 6.49. The highest BCUT2D eigenvalue weighted by Gasteiger charge is 2.06. The lowest BCUT2D eigenvalue weighted by Crippen LogP contribution is -2.07. The highest BCUT2D eigenvalue weighted by Crippen LogP contribution is 2.26. The summed E-state index contributed by atoms with van der Waals surface area (Å²) in [5.41, 5.74) is 6.76. The molecule has 1 heterocycles. The van der Waals surface area contributed by atoms with Crippen LogP contribution in [0.1, 0.15) is 5.89 Å². The van der Waals surface area contributed by atoms with Gasteiger partial charge in [-0.3, -0.25) is 0 Å². The second-order valence-electron chi connectivity index (χ2n) is 3.37. The normalized spacial score (nSPS) is 10.5. The molecule has 0 radical (unpaired) electrons. The third-order valence-corrected chi connectivity index (χ3v) is 2.76. The SMILES string of the molecule is Nc1cc(Br)c(F)cc1NCCc1ncno1. The van der Waals surface area contributed by atoms with Crippen molar-refractivity contribution in [3.8, 4) is 0 Å². The van der Waals surface area contributed by atoms with Crippen LogP contribution in [0.25, 0.3) is 0 Å². The van der Waals surface area contributed by atoms with Crippen LogP contribution >= 0.6 is 15.9 Å². The number of aromatic nitrogens is 2. The maximum atomic E-state index is 13.3. The van der Waals surface area contributed by atoms with E-state index in [0.717, 1.165) is 0 Å². The number of nitrogens with one attached hydrogen (secondary N) is 1. The van der Waals surface area contributed by atoms with E-state index in [1.165, 1.54) is 18.5 Å². The molecule has 0 aliphatic rings. The summed E-state index contributed by atoms with van der Waals surface area (Å²) in [7, 11) is 0. The van der Waals surface area contributed by atoms with Crippen LogP contribution < -0.4 is 11.1 Å². The molecular weight excluding hydrogens is 291 g/mol. The highest BCUT2D eigenvalue weighted by molar-refractivity contribution is 9.10. The van der Waals surface area contributed by atoms with Crippen molar-refractivity contribution in [3.05, 3.63) is 34.6 Å². The summed E-state index contributed by atoms with van der Waals surface area (Å²) in [4.78, 5) is 3.87. The summed E-state index contributed by atoms with van der Waals surface area (Å²) in [6.45, 7) is 0.535. The molecule has 0 aliphatic heterocycles. The van der Waals surface area contributed by atoms with Gasteiger partial charge in [-0.2, -0.15) is 4.98 Å². The van der Waals surface area contributed by atoms with Crippen molar-refractivity contribution in [1.29, 1.82) is 0 Å². The first-order valence-electron chi connectivity index (χ1n) is 4.91. The Balaban J connectivity index is 1.97. The van der Waals surface area contributed by atoms with E-state index in [1.54, 1.807) is 0 Å². The third-order valence-electron chi connectivity index (χ3n) is 2.15. The number of benzene rings is 1. The fraction of sp³-hybridized carbons (Fsp3) is 0.200. The predicted octanol–water partition coefficient (Wildman–Crippen LogP) is 2.21. The summed E-state index contributed by atoms with van der Waals surface area (Å²) < 4.78 is 18.5. The predicted molar refractivity (Wildman–Crippen MR) is 65.0 cm³/mol. The van der Waals surface area contributed by atoms with Crippen LogP contribution in [-0.2, 0) is 6.42 Å². The van der Waals surface area contributed by atoms with Gasteiger partial charge in [-0.05, 0) is 22.0 Å². The minimum absolute atomic E-state index is 0.345. The number of anilines is 2. The molecule has 0 fully saturated rings. The summed E-state index contributed by atoms with van der Waals surface area (Å²) >= 11 is 3.06. The van der Waals surface area contributed by atoms with Gasteiger partial charge in [0.1, 0.15) is 5.82 Å². The van der Waals surface area contributed by atoms with E-state index in [4.69, 9.17) is 10.3 Å². The van der Waals surface area contributed by atoms with E-state index in [0.29, 0.717) is 34.7 Å². The first-order valence-corrected chi connectivity index (χ1v) is 5.70. The lowest BCUT2D eigenvalue weighted by molar-refractivity contribution is 0.380. The number of nitrogens with zero attached hydrogens (tertiary/aromatic N) is 2. The Labute approximate surface area is 105 Å². The summed E-state index contributed by atoms with van der Waals surface area (Å²) in [6, 6.07) is 2.86. The maximum Gasteiger partial charge on any atom is 0.228 e. The van der Waals surface area contributed by atoms with Crippen LogP contribution in [0.4, 0.5) is 15.8 Å². The van der Waals surface area contributed by atoms with Crippen molar-refractivity contribution in [2.45, 2.75) is 6.42 Å². The number of hydrogen-bond acceptors (Lipinski definition) is 5. The molecule has 0 saturated carbocycles. The van der Waals surface area contributed by atoms with Crippen molar-refractivity contribution in [2.24, 2.45) is 0 Å². The standard InChI is InChI=1S/C10H10BrFN4O/c11-6-3-8(13)9(4-7(6)12)14-2-1-10-15-5-16-17-10/h3-5,14H,1-2,13H2. The quantitative estimate of drug-likeness (QED) is 0.847. The Bertz CT molecular complexity index is 503. The van der Waals surface area contributed by atoms with Crippen LogP contribution in [-0.4, -0.2) is 16.7 Å². The monoisotopic (exact) mass is 300 g/mol. The molecule has 1 aromatic carbocycles. The van der Waals surface area contributed by atoms with Gasteiger partial charge in [-0.1, -0.05) is 5.16 Å². The second-order valence-corrected chi connectivity index (χ2v) is 4.22. The summed E-state index contributed by atoms with van der Waals surface area (Å²) in [6.07, 6.45) is 1.89. The molecule has 0 atom stereocenters. The summed E-state index contributed by atoms with van der Waals surface area (Å²) in [5.74, 6) is 0.160. The second kappa shape index (κ2) is 5.13. The van der Waals surface area contributed by atoms with E-state index in [9.17, 15) is 4.39 Å². The molecule has 2 rings (SSSR count). The van der Waals surface area contributed by atoms with Crippen LogP contribution in [0.5, 0.6) is 0 Å². The fourth-order valence-electron chi connectivity index (χ4n) is 1.33. The van der Waals surface area contributed by atoms with Gasteiger partial charge in [0.05, 0.1) is 15.8 Å². The average molecular weight is 301 g/mol. The Morgan fingerprint density at radius 2 is 2.29 bits per heavy atom. The molecule has 90 valence electrons. The van der Waals surface area contributed by atoms with E-state index in [1.807, 2.05) is 0 Å². The Kier molecular flexibility index (Phi) is 3.58. The van der Waals surface area contributed by atoms with E-state index < -0.39 is 0 Å². The topological polar surface area (TPSA) is 77.0 Å². The minimum atomic E-state index is -0.362. The highest BCUT2D eigenvalue weighted by atomic mass is 79.9. The van der Waals surface area contributed by atoms with Gasteiger partial charge in [0, 0.05) is 19.0 Å². The third kappa shape index (κ3) is 2.94. The maximum absolute atomic E-state index is 13.3. The molecule has 0 aliphatic carbocycles. The van der Waals surface area contributed by atoms with Crippen molar-refractivity contribution in [3.63, 3.8) is 0 Å². The number of nitrogen functional groups attached to an aromatic ring is 1. The molecule has 0 unspecified atom stereocenters. The van der Waals surface area contributed by atoms with Crippen LogP contribution in [0.2, 0.25) is 0 Å². The molecule has 2 aromatic rings. The van der Waals surface area contributed by atoms with Gasteiger partial charge >= 0.3 is 0 Å². The van der Waals surface area contributed by atoms with Crippen molar-refractivity contribution < 1.29 is 8.91 Å².